The summed E-state index contributed by atoms with van der Waals surface area (Å²) in [6, 6.07) is 8.46. The van der Waals surface area contributed by atoms with Gasteiger partial charge in [0.25, 0.3) is 5.91 Å². The van der Waals surface area contributed by atoms with Crippen LogP contribution < -0.4 is 24.3 Å². The molecule has 0 atom stereocenters. The first-order chi connectivity index (χ1) is 12.0. The topological polar surface area (TPSA) is 66.0 Å². The van der Waals surface area contributed by atoms with Crippen LogP contribution in [0.25, 0.3) is 6.08 Å². The Labute approximate surface area is 149 Å². The highest BCUT2D eigenvalue weighted by Crippen LogP contribution is 2.39. The minimum absolute atomic E-state index is 0.143. The van der Waals surface area contributed by atoms with Gasteiger partial charge in [0.05, 0.1) is 27.0 Å². The van der Waals surface area contributed by atoms with Crippen LogP contribution in [0.2, 0.25) is 5.02 Å². The molecule has 130 valence electrons. The Bertz CT molecular complexity index is 838. The van der Waals surface area contributed by atoms with Crippen LogP contribution >= 0.6 is 11.6 Å². The number of carbonyl (C=O) groups excluding carboxylic acids is 1. The number of rotatable bonds is 4. The Hall–Kier alpha value is -2.86. The number of anilines is 1. The SMILES string of the molecule is COc1cc(/C=C2\Oc3ccc(Cl)cc3NC2=O)cc(OC)c1OC. The van der Waals surface area contributed by atoms with Crippen molar-refractivity contribution in [2.75, 3.05) is 26.6 Å². The van der Waals surface area contributed by atoms with Crippen LogP contribution in [-0.4, -0.2) is 27.2 Å². The lowest BCUT2D eigenvalue weighted by Crippen LogP contribution is -2.23. The molecule has 0 bridgehead atoms. The molecule has 0 aliphatic carbocycles. The molecular formula is C18H16ClNO5. The van der Waals surface area contributed by atoms with Crippen LogP contribution in [0.1, 0.15) is 5.56 Å². The molecule has 2 aromatic rings. The zero-order valence-corrected chi connectivity index (χ0v) is 14.6. The minimum atomic E-state index is -0.372. The van der Waals surface area contributed by atoms with Crippen LogP contribution in [-0.2, 0) is 4.79 Å². The van der Waals surface area contributed by atoms with E-state index in [0.29, 0.717) is 39.3 Å². The van der Waals surface area contributed by atoms with Crippen LogP contribution in [0.5, 0.6) is 23.0 Å². The van der Waals surface area contributed by atoms with Crippen molar-refractivity contribution in [2.45, 2.75) is 0 Å². The van der Waals surface area contributed by atoms with E-state index in [4.69, 9.17) is 30.5 Å². The normalized spacial score (nSPS) is 14.4. The standard InChI is InChI=1S/C18H16ClNO5/c1-22-14-6-10(7-15(23-2)17(14)24-3)8-16-18(21)20-12-9-11(19)4-5-13(12)25-16/h4-9H,1-3H3,(H,20,21)/b16-8-. The average Bonchev–Trinajstić information content (AvgIpc) is 2.61. The Morgan fingerprint density at radius 1 is 1.04 bits per heavy atom. The van der Waals surface area contributed by atoms with Gasteiger partial charge in [-0.2, -0.15) is 0 Å². The number of ether oxygens (including phenoxy) is 4. The third-order valence-electron chi connectivity index (χ3n) is 3.62. The summed E-state index contributed by atoms with van der Waals surface area (Å²) >= 11 is 5.92. The lowest BCUT2D eigenvalue weighted by molar-refractivity contribution is -0.115. The van der Waals surface area contributed by atoms with Crippen LogP contribution in [0.15, 0.2) is 36.1 Å². The average molecular weight is 362 g/mol. The fraction of sp³-hybridized carbons (Fsp3) is 0.167. The first-order valence-electron chi connectivity index (χ1n) is 7.36. The van der Waals surface area contributed by atoms with Gasteiger partial charge in [-0.25, -0.2) is 0 Å². The van der Waals surface area contributed by atoms with Gasteiger partial charge in [0, 0.05) is 5.02 Å². The number of amides is 1. The van der Waals surface area contributed by atoms with Gasteiger partial charge in [-0.3, -0.25) is 4.79 Å². The summed E-state index contributed by atoms with van der Waals surface area (Å²) in [6.07, 6.45) is 1.59. The predicted molar refractivity (Wildman–Crippen MR) is 94.8 cm³/mol. The van der Waals surface area contributed by atoms with Gasteiger partial charge in [-0.05, 0) is 42.0 Å². The zero-order chi connectivity index (χ0) is 18.0. The smallest absolute Gasteiger partial charge is 0.291 e. The number of hydrogen-bond acceptors (Lipinski definition) is 5. The maximum atomic E-state index is 12.3. The van der Waals surface area contributed by atoms with Gasteiger partial charge in [0.15, 0.2) is 23.0 Å². The lowest BCUT2D eigenvalue weighted by Gasteiger charge is -2.20. The van der Waals surface area contributed by atoms with Crippen molar-refractivity contribution in [3.05, 3.63) is 46.7 Å². The largest absolute Gasteiger partial charge is 0.493 e. The Kier molecular flexibility index (Phi) is 4.72. The van der Waals surface area contributed by atoms with Crippen LogP contribution in [0, 0.1) is 0 Å². The van der Waals surface area contributed by atoms with E-state index in [1.54, 1.807) is 36.4 Å². The second-order valence-corrected chi connectivity index (χ2v) is 5.60. The molecule has 0 aromatic heterocycles. The summed E-state index contributed by atoms with van der Waals surface area (Å²) in [5, 5.41) is 3.26. The predicted octanol–water partition coefficient (Wildman–Crippen LogP) is 3.74. The Morgan fingerprint density at radius 2 is 1.72 bits per heavy atom. The van der Waals surface area contributed by atoms with Crippen LogP contribution in [0.3, 0.4) is 0 Å². The minimum Gasteiger partial charge on any atom is -0.493 e. The van der Waals surface area contributed by atoms with Gasteiger partial charge < -0.3 is 24.3 Å². The van der Waals surface area contributed by atoms with Gasteiger partial charge in [-0.15, -0.1) is 0 Å². The molecule has 2 aromatic carbocycles. The molecule has 0 saturated carbocycles. The van der Waals surface area contributed by atoms with E-state index in [1.165, 1.54) is 21.3 Å². The molecule has 3 rings (SSSR count). The van der Waals surface area contributed by atoms with Crippen LogP contribution in [0.4, 0.5) is 5.69 Å². The van der Waals surface area contributed by atoms with E-state index in [-0.39, 0.29) is 11.7 Å². The number of benzene rings is 2. The maximum Gasteiger partial charge on any atom is 0.291 e. The maximum absolute atomic E-state index is 12.3. The van der Waals surface area contributed by atoms with E-state index in [2.05, 4.69) is 5.32 Å². The molecule has 1 N–H and O–H groups in total. The van der Waals surface area contributed by atoms with Crippen molar-refractivity contribution in [2.24, 2.45) is 0 Å². The van der Waals surface area contributed by atoms with Gasteiger partial charge in [0.1, 0.15) is 0 Å². The molecular weight excluding hydrogens is 346 g/mol. The van der Waals surface area contributed by atoms with Crippen molar-refractivity contribution in [3.63, 3.8) is 0 Å². The van der Waals surface area contributed by atoms with Crippen molar-refractivity contribution in [1.29, 1.82) is 0 Å². The molecule has 25 heavy (non-hydrogen) atoms. The molecule has 1 aliphatic rings. The second kappa shape index (κ2) is 6.94. The summed E-state index contributed by atoms with van der Waals surface area (Å²) in [4.78, 5) is 12.3. The number of hydrogen-bond donors (Lipinski definition) is 1. The van der Waals surface area contributed by atoms with Crippen molar-refractivity contribution < 1.29 is 23.7 Å². The van der Waals surface area contributed by atoms with E-state index < -0.39 is 0 Å². The Balaban J connectivity index is 2.00. The van der Waals surface area contributed by atoms with E-state index in [0.717, 1.165) is 0 Å². The van der Waals surface area contributed by atoms with Crippen molar-refractivity contribution >= 4 is 29.3 Å². The highest BCUT2D eigenvalue weighted by atomic mass is 35.5. The first-order valence-corrected chi connectivity index (χ1v) is 7.74. The molecule has 6 nitrogen and oxygen atoms in total. The van der Waals surface area contributed by atoms with Crippen molar-refractivity contribution in [3.8, 4) is 23.0 Å². The molecule has 0 fully saturated rings. The molecule has 1 aliphatic heterocycles. The lowest BCUT2D eigenvalue weighted by atomic mass is 10.1. The molecule has 0 unspecified atom stereocenters. The van der Waals surface area contributed by atoms with E-state index in [1.807, 2.05) is 0 Å². The monoisotopic (exact) mass is 361 g/mol. The molecule has 0 spiro atoms. The molecule has 1 amide bonds. The number of fused-ring (bicyclic) bond motifs is 1. The number of halogens is 1. The third-order valence-corrected chi connectivity index (χ3v) is 3.85. The van der Waals surface area contributed by atoms with Gasteiger partial charge in [-0.1, -0.05) is 11.6 Å². The van der Waals surface area contributed by atoms with Gasteiger partial charge in [0.2, 0.25) is 5.75 Å². The number of carbonyl (C=O) groups is 1. The highest BCUT2D eigenvalue weighted by Gasteiger charge is 2.23. The number of methoxy groups -OCH3 is 3. The van der Waals surface area contributed by atoms with Gasteiger partial charge >= 0.3 is 0 Å². The highest BCUT2D eigenvalue weighted by molar-refractivity contribution is 6.31. The Morgan fingerprint density at radius 3 is 2.32 bits per heavy atom. The van der Waals surface area contributed by atoms with E-state index >= 15 is 0 Å². The first kappa shape index (κ1) is 17.0. The molecule has 0 radical (unpaired) electrons. The quantitative estimate of drug-likeness (QED) is 0.840. The summed E-state index contributed by atoms with van der Waals surface area (Å²) in [6.45, 7) is 0. The summed E-state index contributed by atoms with van der Waals surface area (Å²) in [5.74, 6) is 1.73. The molecule has 7 heteroatoms. The summed E-state index contributed by atoms with van der Waals surface area (Å²) in [5.41, 5.74) is 1.19. The summed E-state index contributed by atoms with van der Waals surface area (Å²) in [7, 11) is 4.58. The third kappa shape index (κ3) is 3.34. The second-order valence-electron chi connectivity index (χ2n) is 5.16. The number of nitrogens with one attached hydrogen (secondary N) is 1. The van der Waals surface area contributed by atoms with Crippen molar-refractivity contribution in [1.82, 2.24) is 0 Å². The van der Waals surface area contributed by atoms with E-state index in [9.17, 15) is 4.79 Å². The zero-order valence-electron chi connectivity index (χ0n) is 13.9. The molecule has 1 heterocycles. The summed E-state index contributed by atoms with van der Waals surface area (Å²) < 4.78 is 21.6. The fourth-order valence-electron chi connectivity index (χ4n) is 2.47. The fourth-order valence-corrected chi connectivity index (χ4v) is 2.64. The molecule has 0 saturated heterocycles.